The van der Waals surface area contributed by atoms with Gasteiger partial charge < -0.3 is 0 Å². The Kier molecular flexibility index (Phi) is 4.96. The van der Waals surface area contributed by atoms with Gasteiger partial charge in [0.05, 0.1) is 17.7 Å². The summed E-state index contributed by atoms with van der Waals surface area (Å²) in [6.45, 7) is 5.20. The number of imide groups is 1. The quantitative estimate of drug-likeness (QED) is 0.726. The standard InChI is InChI=1S/C22H20ClN3O3/c1-13(2)12-26-21(28)17-7-6-15(11-18(17)22(26)29)20(27)25-9-8-24-19(25)14-4-3-5-16(23)10-14/h3-7,10-11,13H,8-9,12H2,1-2H3. The highest BCUT2D eigenvalue weighted by Crippen LogP contribution is 2.26. The Hall–Kier alpha value is -2.99. The molecule has 0 bridgehead atoms. The molecular weight excluding hydrogens is 390 g/mol. The number of aliphatic imine (C=N–C) groups is 1. The predicted octanol–water partition coefficient (Wildman–Crippen LogP) is 3.49. The molecule has 0 radical (unpaired) electrons. The van der Waals surface area contributed by atoms with E-state index >= 15 is 0 Å². The van der Waals surface area contributed by atoms with Crippen LogP contribution in [-0.4, -0.2) is 53.0 Å². The zero-order valence-electron chi connectivity index (χ0n) is 16.2. The number of halogens is 1. The van der Waals surface area contributed by atoms with E-state index in [0.29, 0.717) is 41.6 Å². The second-order valence-electron chi connectivity index (χ2n) is 7.55. The molecule has 0 saturated carbocycles. The molecular formula is C22H20ClN3O3. The van der Waals surface area contributed by atoms with E-state index < -0.39 is 0 Å². The SMILES string of the molecule is CC(C)CN1C(=O)c2ccc(C(=O)N3CCN=C3c3cccc(Cl)c3)cc2C1=O. The van der Waals surface area contributed by atoms with Crippen LogP contribution >= 0.6 is 11.6 Å². The Morgan fingerprint density at radius 1 is 1.10 bits per heavy atom. The van der Waals surface area contributed by atoms with Gasteiger partial charge in [-0.15, -0.1) is 0 Å². The van der Waals surface area contributed by atoms with Crippen molar-refractivity contribution in [2.45, 2.75) is 13.8 Å². The van der Waals surface area contributed by atoms with Crippen LogP contribution in [0.15, 0.2) is 47.5 Å². The largest absolute Gasteiger partial charge is 0.291 e. The van der Waals surface area contributed by atoms with Crippen molar-refractivity contribution in [3.05, 3.63) is 69.7 Å². The number of carbonyl (C=O) groups is 3. The molecule has 3 amide bonds. The second kappa shape index (κ2) is 7.44. The number of nitrogens with zero attached hydrogens (tertiary/aromatic N) is 3. The molecule has 6 nitrogen and oxygen atoms in total. The fourth-order valence-electron chi connectivity index (χ4n) is 3.63. The van der Waals surface area contributed by atoms with Crippen LogP contribution < -0.4 is 0 Å². The number of fused-ring (bicyclic) bond motifs is 1. The first-order valence-electron chi connectivity index (χ1n) is 9.49. The molecule has 2 heterocycles. The molecule has 0 N–H and O–H groups in total. The lowest BCUT2D eigenvalue weighted by molar-refractivity contribution is 0.0636. The van der Waals surface area contributed by atoms with Crippen molar-refractivity contribution in [2.24, 2.45) is 10.9 Å². The summed E-state index contributed by atoms with van der Waals surface area (Å²) in [7, 11) is 0. The lowest BCUT2D eigenvalue weighted by atomic mass is 10.0. The summed E-state index contributed by atoms with van der Waals surface area (Å²) < 4.78 is 0. The van der Waals surface area contributed by atoms with E-state index in [0.717, 1.165) is 5.56 Å². The van der Waals surface area contributed by atoms with E-state index in [2.05, 4.69) is 4.99 Å². The van der Waals surface area contributed by atoms with Crippen molar-refractivity contribution in [1.29, 1.82) is 0 Å². The predicted molar refractivity (Wildman–Crippen MR) is 111 cm³/mol. The van der Waals surface area contributed by atoms with Gasteiger partial charge in [-0.3, -0.25) is 29.2 Å². The number of hydrogen-bond donors (Lipinski definition) is 0. The van der Waals surface area contributed by atoms with Crippen LogP contribution in [-0.2, 0) is 0 Å². The average Bonchev–Trinajstić information content (AvgIpc) is 3.27. The molecule has 7 heteroatoms. The van der Waals surface area contributed by atoms with Crippen LogP contribution in [0.1, 0.15) is 50.5 Å². The molecule has 0 aliphatic carbocycles. The van der Waals surface area contributed by atoms with Gasteiger partial charge >= 0.3 is 0 Å². The minimum Gasteiger partial charge on any atom is -0.291 e. The van der Waals surface area contributed by atoms with Gasteiger partial charge in [-0.05, 0) is 36.2 Å². The van der Waals surface area contributed by atoms with E-state index in [4.69, 9.17) is 11.6 Å². The molecule has 0 saturated heterocycles. The van der Waals surface area contributed by atoms with Crippen LogP contribution in [0.5, 0.6) is 0 Å². The van der Waals surface area contributed by atoms with Crippen molar-refractivity contribution >= 4 is 35.2 Å². The summed E-state index contributed by atoms with van der Waals surface area (Å²) in [5, 5.41) is 0.566. The number of rotatable bonds is 4. The molecule has 0 aromatic heterocycles. The Morgan fingerprint density at radius 3 is 2.59 bits per heavy atom. The van der Waals surface area contributed by atoms with Crippen molar-refractivity contribution in [3.63, 3.8) is 0 Å². The fourth-order valence-corrected chi connectivity index (χ4v) is 3.82. The van der Waals surface area contributed by atoms with Gasteiger partial charge in [-0.25, -0.2) is 0 Å². The third kappa shape index (κ3) is 3.44. The Bertz CT molecular complexity index is 1060. The highest BCUT2D eigenvalue weighted by atomic mass is 35.5. The van der Waals surface area contributed by atoms with Crippen molar-refractivity contribution in [3.8, 4) is 0 Å². The molecule has 2 aromatic rings. The third-order valence-electron chi connectivity index (χ3n) is 4.93. The zero-order chi connectivity index (χ0) is 20.7. The van der Waals surface area contributed by atoms with E-state index in [9.17, 15) is 14.4 Å². The maximum absolute atomic E-state index is 13.2. The van der Waals surface area contributed by atoms with Gasteiger partial charge in [0.25, 0.3) is 17.7 Å². The van der Waals surface area contributed by atoms with Gasteiger partial charge in [-0.2, -0.15) is 0 Å². The fraction of sp³-hybridized carbons (Fsp3) is 0.273. The van der Waals surface area contributed by atoms with Gasteiger partial charge in [0.15, 0.2) is 0 Å². The summed E-state index contributed by atoms with van der Waals surface area (Å²) in [6, 6.07) is 11.9. The first kappa shape index (κ1) is 19.3. The van der Waals surface area contributed by atoms with Crippen LogP contribution in [0.4, 0.5) is 0 Å². The number of carbonyl (C=O) groups excluding carboxylic acids is 3. The summed E-state index contributed by atoms with van der Waals surface area (Å²) >= 11 is 6.08. The second-order valence-corrected chi connectivity index (χ2v) is 7.98. The average molecular weight is 410 g/mol. The summed E-state index contributed by atoms with van der Waals surface area (Å²) in [4.78, 5) is 45.7. The molecule has 2 aliphatic rings. The number of amidine groups is 1. The highest BCUT2D eigenvalue weighted by Gasteiger charge is 2.37. The van der Waals surface area contributed by atoms with Crippen molar-refractivity contribution in [1.82, 2.24) is 9.80 Å². The highest BCUT2D eigenvalue weighted by molar-refractivity contribution is 6.31. The first-order valence-corrected chi connectivity index (χ1v) is 9.87. The van der Waals surface area contributed by atoms with Gasteiger partial charge in [0.2, 0.25) is 0 Å². The van der Waals surface area contributed by atoms with E-state index in [1.54, 1.807) is 29.2 Å². The van der Waals surface area contributed by atoms with E-state index in [1.165, 1.54) is 11.0 Å². The van der Waals surface area contributed by atoms with Crippen LogP contribution in [0.25, 0.3) is 0 Å². The number of benzene rings is 2. The maximum Gasteiger partial charge on any atom is 0.261 e. The Labute approximate surface area is 173 Å². The lowest BCUT2D eigenvalue weighted by Crippen LogP contribution is -2.35. The van der Waals surface area contributed by atoms with Crippen molar-refractivity contribution < 1.29 is 14.4 Å². The molecule has 29 heavy (non-hydrogen) atoms. The molecule has 0 unspecified atom stereocenters. The maximum atomic E-state index is 13.2. The minimum atomic E-state index is -0.349. The van der Waals surface area contributed by atoms with Gasteiger partial charge in [0, 0.05) is 29.2 Å². The number of amides is 3. The molecule has 2 aliphatic heterocycles. The topological polar surface area (TPSA) is 70.1 Å². The Balaban J connectivity index is 1.63. The van der Waals surface area contributed by atoms with Crippen LogP contribution in [0.3, 0.4) is 0 Å². The molecule has 2 aromatic carbocycles. The molecule has 0 fully saturated rings. The molecule has 0 spiro atoms. The normalized spacial score (nSPS) is 15.9. The molecule has 4 rings (SSSR count). The smallest absolute Gasteiger partial charge is 0.261 e. The van der Waals surface area contributed by atoms with E-state index in [-0.39, 0.29) is 29.2 Å². The summed E-state index contributed by atoms with van der Waals surface area (Å²) in [5.41, 5.74) is 1.74. The zero-order valence-corrected chi connectivity index (χ0v) is 16.9. The van der Waals surface area contributed by atoms with E-state index in [1.807, 2.05) is 26.0 Å². The Morgan fingerprint density at radius 2 is 1.86 bits per heavy atom. The monoisotopic (exact) mass is 409 g/mol. The van der Waals surface area contributed by atoms with Gasteiger partial charge in [-0.1, -0.05) is 37.6 Å². The van der Waals surface area contributed by atoms with Crippen LogP contribution in [0, 0.1) is 5.92 Å². The first-order chi connectivity index (χ1) is 13.9. The molecule has 0 atom stereocenters. The minimum absolute atomic E-state index is 0.166. The van der Waals surface area contributed by atoms with Crippen molar-refractivity contribution in [2.75, 3.05) is 19.6 Å². The third-order valence-corrected chi connectivity index (χ3v) is 5.17. The summed E-state index contributed by atoms with van der Waals surface area (Å²) in [5.74, 6) is -0.189. The number of hydrogen-bond acceptors (Lipinski definition) is 4. The summed E-state index contributed by atoms with van der Waals surface area (Å²) in [6.07, 6.45) is 0. The molecule has 148 valence electrons. The lowest BCUT2D eigenvalue weighted by Gasteiger charge is -2.19. The van der Waals surface area contributed by atoms with Crippen LogP contribution in [0.2, 0.25) is 5.02 Å². The van der Waals surface area contributed by atoms with Gasteiger partial charge in [0.1, 0.15) is 5.84 Å².